The molecule has 0 aliphatic carbocycles. The summed E-state index contributed by atoms with van der Waals surface area (Å²) in [5.74, 6) is 2.28. The van der Waals surface area contributed by atoms with E-state index >= 15 is 0 Å². The summed E-state index contributed by atoms with van der Waals surface area (Å²) in [5.41, 5.74) is 2.46. The molecule has 24 heavy (non-hydrogen) atoms. The number of pyridine rings is 1. The predicted octanol–water partition coefficient (Wildman–Crippen LogP) is 2.58. The molecule has 0 amide bonds. The fourth-order valence-electron chi connectivity index (χ4n) is 2.22. The van der Waals surface area contributed by atoms with E-state index in [1.54, 1.807) is 13.2 Å². The standard InChI is InChI=1S/C18H27N5O/c1-13-10-20-8-6-14(13)7-9-21-17(19-5)23-12-16-22-11-15(24-16)18(2,3)4/h6,8,10-11H,7,9,12H2,1-5H3,(H2,19,21,23). The van der Waals surface area contributed by atoms with Crippen LogP contribution >= 0.6 is 0 Å². The van der Waals surface area contributed by atoms with E-state index in [1.165, 1.54) is 11.1 Å². The van der Waals surface area contributed by atoms with Gasteiger partial charge in [-0.2, -0.15) is 0 Å². The molecule has 0 aliphatic heterocycles. The van der Waals surface area contributed by atoms with Gasteiger partial charge in [0.15, 0.2) is 5.96 Å². The number of nitrogens with one attached hydrogen (secondary N) is 2. The smallest absolute Gasteiger partial charge is 0.213 e. The van der Waals surface area contributed by atoms with Crippen molar-refractivity contribution in [1.29, 1.82) is 0 Å². The molecule has 0 unspecified atom stereocenters. The fraction of sp³-hybridized carbons (Fsp3) is 0.500. The van der Waals surface area contributed by atoms with Gasteiger partial charge >= 0.3 is 0 Å². The van der Waals surface area contributed by atoms with Gasteiger partial charge < -0.3 is 15.1 Å². The number of rotatable bonds is 5. The highest BCUT2D eigenvalue weighted by Crippen LogP contribution is 2.22. The van der Waals surface area contributed by atoms with Crippen LogP contribution in [0.3, 0.4) is 0 Å². The van der Waals surface area contributed by atoms with Crippen LogP contribution < -0.4 is 10.6 Å². The van der Waals surface area contributed by atoms with Crippen molar-refractivity contribution >= 4 is 5.96 Å². The highest BCUT2D eigenvalue weighted by molar-refractivity contribution is 5.79. The molecule has 2 aromatic rings. The summed E-state index contributed by atoms with van der Waals surface area (Å²) in [4.78, 5) is 12.6. The van der Waals surface area contributed by atoms with E-state index in [2.05, 4.69) is 53.3 Å². The van der Waals surface area contributed by atoms with Crippen molar-refractivity contribution in [3.05, 3.63) is 47.4 Å². The molecule has 0 radical (unpaired) electrons. The zero-order valence-corrected chi connectivity index (χ0v) is 15.2. The van der Waals surface area contributed by atoms with Gasteiger partial charge in [0, 0.05) is 31.4 Å². The van der Waals surface area contributed by atoms with Crippen LogP contribution in [0.15, 0.2) is 34.1 Å². The molecule has 0 aliphatic rings. The van der Waals surface area contributed by atoms with Crippen LogP contribution in [0.25, 0.3) is 0 Å². The van der Waals surface area contributed by atoms with Crippen LogP contribution in [-0.4, -0.2) is 29.5 Å². The Morgan fingerprint density at radius 1 is 1.25 bits per heavy atom. The molecule has 0 bridgehead atoms. The van der Waals surface area contributed by atoms with Gasteiger partial charge in [-0.05, 0) is 30.5 Å². The summed E-state index contributed by atoms with van der Waals surface area (Å²) in [6.45, 7) is 9.68. The van der Waals surface area contributed by atoms with Crippen LogP contribution in [0.2, 0.25) is 0 Å². The van der Waals surface area contributed by atoms with Gasteiger partial charge in [0.25, 0.3) is 0 Å². The summed E-state index contributed by atoms with van der Waals surface area (Å²) in [6, 6.07) is 2.05. The molecule has 2 aromatic heterocycles. The monoisotopic (exact) mass is 329 g/mol. The summed E-state index contributed by atoms with van der Waals surface area (Å²) in [5, 5.41) is 6.52. The van der Waals surface area contributed by atoms with Gasteiger partial charge in [-0.1, -0.05) is 20.8 Å². The second-order valence-corrected chi connectivity index (χ2v) is 6.77. The minimum Gasteiger partial charge on any atom is -0.443 e. The first-order chi connectivity index (χ1) is 11.4. The quantitative estimate of drug-likeness (QED) is 0.651. The Bertz CT molecular complexity index is 685. The number of aliphatic imine (C=N–C) groups is 1. The first kappa shape index (κ1) is 18.0. The van der Waals surface area contributed by atoms with Crippen molar-refractivity contribution in [1.82, 2.24) is 20.6 Å². The Morgan fingerprint density at radius 3 is 2.67 bits per heavy atom. The molecule has 6 heteroatoms. The molecule has 6 nitrogen and oxygen atoms in total. The van der Waals surface area contributed by atoms with Crippen LogP contribution in [0.1, 0.15) is 43.5 Å². The molecule has 0 fully saturated rings. The van der Waals surface area contributed by atoms with Gasteiger partial charge in [-0.25, -0.2) is 4.98 Å². The minimum atomic E-state index is -0.0342. The third kappa shape index (κ3) is 5.08. The van der Waals surface area contributed by atoms with Crippen molar-refractivity contribution in [2.24, 2.45) is 4.99 Å². The number of hydrogen-bond acceptors (Lipinski definition) is 4. The Morgan fingerprint density at radius 2 is 2.04 bits per heavy atom. The van der Waals surface area contributed by atoms with E-state index in [0.717, 1.165) is 24.7 Å². The van der Waals surface area contributed by atoms with Crippen molar-refractivity contribution in [3.8, 4) is 0 Å². The maximum Gasteiger partial charge on any atom is 0.213 e. The van der Waals surface area contributed by atoms with Crippen molar-refractivity contribution in [2.45, 2.75) is 46.1 Å². The SMILES string of the molecule is CN=C(NCCc1ccncc1C)NCc1ncc(C(C)(C)C)o1. The topological polar surface area (TPSA) is 75.3 Å². The molecule has 0 aromatic carbocycles. The highest BCUT2D eigenvalue weighted by Gasteiger charge is 2.19. The largest absolute Gasteiger partial charge is 0.443 e. The molecular formula is C18H27N5O. The van der Waals surface area contributed by atoms with E-state index in [0.29, 0.717) is 12.4 Å². The maximum atomic E-state index is 5.77. The summed E-state index contributed by atoms with van der Waals surface area (Å²) >= 11 is 0. The third-order valence-corrected chi connectivity index (χ3v) is 3.75. The van der Waals surface area contributed by atoms with Crippen LogP contribution in [0.4, 0.5) is 0 Å². The fourth-order valence-corrected chi connectivity index (χ4v) is 2.22. The Kier molecular flexibility index (Phi) is 5.95. The van der Waals surface area contributed by atoms with E-state index < -0.39 is 0 Å². The molecular weight excluding hydrogens is 302 g/mol. The summed E-state index contributed by atoms with van der Waals surface area (Å²) in [6.07, 6.45) is 6.42. The second-order valence-electron chi connectivity index (χ2n) is 6.77. The first-order valence-electron chi connectivity index (χ1n) is 8.19. The van der Waals surface area contributed by atoms with E-state index in [-0.39, 0.29) is 5.41 Å². The number of aromatic nitrogens is 2. The molecule has 2 heterocycles. The average molecular weight is 329 g/mol. The number of oxazole rings is 1. The molecule has 2 rings (SSSR count). The highest BCUT2D eigenvalue weighted by atomic mass is 16.4. The number of nitrogens with zero attached hydrogens (tertiary/aromatic N) is 3. The van der Waals surface area contributed by atoms with E-state index in [4.69, 9.17) is 4.42 Å². The lowest BCUT2D eigenvalue weighted by molar-refractivity contribution is 0.379. The second kappa shape index (κ2) is 7.95. The lowest BCUT2D eigenvalue weighted by Crippen LogP contribution is -2.38. The van der Waals surface area contributed by atoms with Crippen molar-refractivity contribution in [3.63, 3.8) is 0 Å². The molecule has 2 N–H and O–H groups in total. The zero-order chi connectivity index (χ0) is 17.6. The van der Waals surface area contributed by atoms with Crippen molar-refractivity contribution < 1.29 is 4.42 Å². The van der Waals surface area contributed by atoms with Gasteiger partial charge in [0.1, 0.15) is 5.76 Å². The normalized spacial score (nSPS) is 12.3. The van der Waals surface area contributed by atoms with Crippen LogP contribution in [0.5, 0.6) is 0 Å². The van der Waals surface area contributed by atoms with Crippen LogP contribution in [0, 0.1) is 6.92 Å². The average Bonchev–Trinajstić information content (AvgIpc) is 3.01. The molecule has 0 spiro atoms. The number of hydrogen-bond donors (Lipinski definition) is 2. The summed E-state index contributed by atoms with van der Waals surface area (Å²) in [7, 11) is 1.75. The lowest BCUT2D eigenvalue weighted by atomic mass is 9.94. The summed E-state index contributed by atoms with van der Waals surface area (Å²) < 4.78 is 5.77. The van der Waals surface area contributed by atoms with E-state index in [9.17, 15) is 0 Å². The molecule has 130 valence electrons. The van der Waals surface area contributed by atoms with Gasteiger partial charge in [-0.3, -0.25) is 9.98 Å². The van der Waals surface area contributed by atoms with Gasteiger partial charge in [-0.15, -0.1) is 0 Å². The Labute approximate surface area is 143 Å². The first-order valence-corrected chi connectivity index (χ1v) is 8.19. The molecule has 0 atom stereocenters. The zero-order valence-electron chi connectivity index (χ0n) is 15.2. The Hall–Kier alpha value is -2.37. The third-order valence-electron chi connectivity index (χ3n) is 3.75. The minimum absolute atomic E-state index is 0.0342. The van der Waals surface area contributed by atoms with Gasteiger partial charge in [0.2, 0.25) is 5.89 Å². The van der Waals surface area contributed by atoms with Gasteiger partial charge in [0.05, 0.1) is 12.7 Å². The lowest BCUT2D eigenvalue weighted by Gasteiger charge is -2.13. The molecule has 0 saturated heterocycles. The number of aryl methyl sites for hydroxylation is 1. The molecule has 0 saturated carbocycles. The van der Waals surface area contributed by atoms with Crippen molar-refractivity contribution in [2.75, 3.05) is 13.6 Å². The van der Waals surface area contributed by atoms with Crippen LogP contribution in [-0.2, 0) is 18.4 Å². The van der Waals surface area contributed by atoms with E-state index in [1.807, 2.05) is 18.5 Å². The predicted molar refractivity (Wildman–Crippen MR) is 96.1 cm³/mol. The Balaban J connectivity index is 1.80. The maximum absolute atomic E-state index is 5.77. The number of guanidine groups is 1.